The van der Waals surface area contributed by atoms with E-state index in [0.29, 0.717) is 11.8 Å². The number of nitrogens with zero attached hydrogens (tertiary/aromatic N) is 1. The number of amides is 2. The Morgan fingerprint density at radius 3 is 1.52 bits per heavy atom. The molecule has 4 aromatic carbocycles. The highest BCUT2D eigenvalue weighted by molar-refractivity contribution is 5.99. The summed E-state index contributed by atoms with van der Waals surface area (Å²) in [5.41, 5.74) is 7.01. The normalized spacial score (nSPS) is 17.0. The second-order valence-corrected chi connectivity index (χ2v) is 11.5. The van der Waals surface area contributed by atoms with Crippen LogP contribution in [0.15, 0.2) is 109 Å². The van der Waals surface area contributed by atoms with E-state index in [4.69, 9.17) is 0 Å². The van der Waals surface area contributed by atoms with Crippen molar-refractivity contribution in [1.29, 1.82) is 0 Å². The van der Waals surface area contributed by atoms with Gasteiger partial charge in [0.05, 0.1) is 11.4 Å². The van der Waals surface area contributed by atoms with Crippen molar-refractivity contribution in [3.05, 3.63) is 131 Å². The van der Waals surface area contributed by atoms with Gasteiger partial charge in [-0.15, -0.1) is 0 Å². The van der Waals surface area contributed by atoms with Crippen molar-refractivity contribution in [2.24, 2.45) is 0 Å². The molecule has 206 valence electrons. The third-order valence-corrected chi connectivity index (χ3v) is 8.05. The zero-order valence-corrected chi connectivity index (χ0v) is 24.0. The van der Waals surface area contributed by atoms with E-state index in [9.17, 15) is 4.79 Å². The van der Waals surface area contributed by atoms with Crippen LogP contribution in [0.1, 0.15) is 74.1 Å². The van der Waals surface area contributed by atoms with Gasteiger partial charge in [-0.05, 0) is 64.8 Å². The minimum atomic E-state index is -0.107. The summed E-state index contributed by atoms with van der Waals surface area (Å²) in [4.78, 5) is 15.5. The van der Waals surface area contributed by atoms with Crippen molar-refractivity contribution >= 4 is 17.4 Å². The average molecular weight is 532 g/mol. The quantitative estimate of drug-likeness (QED) is 0.240. The van der Waals surface area contributed by atoms with Crippen molar-refractivity contribution in [3.8, 4) is 0 Å². The van der Waals surface area contributed by atoms with Gasteiger partial charge in [-0.3, -0.25) is 4.90 Å². The molecule has 2 atom stereocenters. The molecular weight excluding hydrogens is 490 g/mol. The Labute approximate surface area is 239 Å². The Bertz CT molecular complexity index is 1270. The van der Waals surface area contributed by atoms with Gasteiger partial charge >= 0.3 is 6.03 Å². The summed E-state index contributed by atoms with van der Waals surface area (Å²) in [5, 5.41) is 7.11. The van der Waals surface area contributed by atoms with E-state index >= 15 is 0 Å². The van der Waals surface area contributed by atoms with Gasteiger partial charge in [0.2, 0.25) is 0 Å². The molecule has 1 aliphatic rings. The van der Waals surface area contributed by atoms with Gasteiger partial charge in [-0.2, -0.15) is 0 Å². The summed E-state index contributed by atoms with van der Waals surface area (Å²) in [6, 6.07) is 38.0. The zero-order chi connectivity index (χ0) is 28.1. The molecule has 4 aromatic rings. The fourth-order valence-electron chi connectivity index (χ4n) is 5.74. The number of carbonyl (C=O) groups is 1. The van der Waals surface area contributed by atoms with Gasteiger partial charge in [0.1, 0.15) is 0 Å². The highest BCUT2D eigenvalue weighted by Gasteiger charge is 2.34. The van der Waals surface area contributed by atoms with Crippen LogP contribution < -0.4 is 15.5 Å². The Balaban J connectivity index is 1.38. The van der Waals surface area contributed by atoms with E-state index in [1.54, 1.807) is 4.90 Å². The number of rotatable bonds is 8. The monoisotopic (exact) mass is 531 g/mol. The van der Waals surface area contributed by atoms with Crippen LogP contribution in [0.25, 0.3) is 0 Å². The molecule has 0 saturated carbocycles. The van der Waals surface area contributed by atoms with Crippen LogP contribution in [0.5, 0.6) is 0 Å². The number of urea groups is 1. The number of benzene rings is 4. The minimum absolute atomic E-state index is 0.0276. The summed E-state index contributed by atoms with van der Waals surface area (Å²) in [5.74, 6) is 1.20. The number of nitrogens with one attached hydrogen (secondary N) is 2. The lowest BCUT2D eigenvalue weighted by atomic mass is 9.82. The average Bonchev–Trinajstić information content (AvgIpc) is 3.42. The first-order chi connectivity index (χ1) is 19.4. The van der Waals surface area contributed by atoms with Gasteiger partial charge in [-0.1, -0.05) is 113 Å². The molecule has 0 unspecified atom stereocenters. The van der Waals surface area contributed by atoms with Crippen molar-refractivity contribution in [2.45, 2.75) is 64.0 Å². The molecule has 1 fully saturated rings. The third kappa shape index (κ3) is 6.29. The van der Waals surface area contributed by atoms with Crippen molar-refractivity contribution < 1.29 is 4.79 Å². The maximum Gasteiger partial charge on any atom is 0.326 e. The van der Waals surface area contributed by atoms with Crippen LogP contribution in [0.2, 0.25) is 0 Å². The largest absolute Gasteiger partial charge is 0.333 e. The van der Waals surface area contributed by atoms with Crippen molar-refractivity contribution in [1.82, 2.24) is 10.6 Å². The van der Waals surface area contributed by atoms with Gasteiger partial charge in [-0.25, -0.2) is 4.79 Å². The minimum Gasteiger partial charge on any atom is -0.333 e. The lowest BCUT2D eigenvalue weighted by Gasteiger charge is -2.27. The van der Waals surface area contributed by atoms with Gasteiger partial charge < -0.3 is 10.6 Å². The molecule has 0 radical (unpaired) electrons. The number of hydrogen-bond donors (Lipinski definition) is 2. The SMILES string of the molecule is CC(C)c1ccc(C(c2ccc(C(C)C)cc2)[C@H]2C[C@@H](NC(=O)N(c3ccccc3)c3ccccc3)CN2)cc1. The molecule has 4 heteroatoms. The Morgan fingerprint density at radius 1 is 0.675 bits per heavy atom. The summed E-state index contributed by atoms with van der Waals surface area (Å²) in [6.45, 7) is 9.67. The molecule has 2 amide bonds. The van der Waals surface area contributed by atoms with Gasteiger partial charge in [0.15, 0.2) is 0 Å². The first-order valence-electron chi connectivity index (χ1n) is 14.5. The van der Waals surface area contributed by atoms with Crippen LogP contribution in [0, 0.1) is 0 Å². The zero-order valence-electron chi connectivity index (χ0n) is 24.0. The molecule has 0 spiro atoms. The fraction of sp³-hybridized carbons (Fsp3) is 0.306. The molecule has 1 heterocycles. The topological polar surface area (TPSA) is 44.4 Å². The number of carbonyl (C=O) groups excluding carboxylic acids is 1. The third-order valence-electron chi connectivity index (χ3n) is 8.05. The van der Waals surface area contributed by atoms with E-state index in [2.05, 4.69) is 86.9 Å². The molecule has 0 aromatic heterocycles. The van der Waals surface area contributed by atoms with Crippen LogP contribution in [0.4, 0.5) is 16.2 Å². The predicted octanol–water partition coefficient (Wildman–Crippen LogP) is 8.34. The Kier molecular flexibility index (Phi) is 8.66. The van der Waals surface area contributed by atoms with E-state index in [0.717, 1.165) is 24.3 Å². The molecule has 40 heavy (non-hydrogen) atoms. The summed E-state index contributed by atoms with van der Waals surface area (Å²) >= 11 is 0. The molecular formula is C36H41N3O. The lowest BCUT2D eigenvalue weighted by molar-refractivity contribution is 0.245. The predicted molar refractivity (Wildman–Crippen MR) is 167 cm³/mol. The van der Waals surface area contributed by atoms with E-state index in [1.807, 2.05) is 60.7 Å². The second kappa shape index (κ2) is 12.5. The summed E-state index contributed by atoms with van der Waals surface area (Å²) in [6.07, 6.45) is 0.853. The molecule has 4 nitrogen and oxygen atoms in total. The number of para-hydroxylation sites is 2. The molecule has 5 rings (SSSR count). The maximum atomic E-state index is 13.7. The first kappa shape index (κ1) is 27.7. The van der Waals surface area contributed by atoms with Crippen LogP contribution in [-0.2, 0) is 0 Å². The number of hydrogen-bond acceptors (Lipinski definition) is 2. The number of anilines is 2. The lowest BCUT2D eigenvalue weighted by Crippen LogP contribution is -2.43. The smallest absolute Gasteiger partial charge is 0.326 e. The van der Waals surface area contributed by atoms with Gasteiger partial charge in [0, 0.05) is 24.5 Å². The summed E-state index contributed by atoms with van der Waals surface area (Å²) < 4.78 is 0. The fourth-order valence-corrected chi connectivity index (χ4v) is 5.74. The van der Waals surface area contributed by atoms with Crippen molar-refractivity contribution in [2.75, 3.05) is 11.4 Å². The maximum absolute atomic E-state index is 13.7. The van der Waals surface area contributed by atoms with E-state index < -0.39 is 0 Å². The van der Waals surface area contributed by atoms with Crippen LogP contribution in [0.3, 0.4) is 0 Å². The Morgan fingerprint density at radius 2 is 1.10 bits per heavy atom. The first-order valence-corrected chi connectivity index (χ1v) is 14.5. The molecule has 0 aliphatic carbocycles. The van der Waals surface area contributed by atoms with E-state index in [1.165, 1.54) is 22.3 Å². The van der Waals surface area contributed by atoms with E-state index in [-0.39, 0.29) is 24.0 Å². The Hall–Kier alpha value is -3.89. The van der Waals surface area contributed by atoms with Crippen molar-refractivity contribution in [3.63, 3.8) is 0 Å². The van der Waals surface area contributed by atoms with Crippen LogP contribution >= 0.6 is 0 Å². The summed E-state index contributed by atoms with van der Waals surface area (Å²) in [7, 11) is 0. The standard InChI is InChI=1S/C36H41N3O/c1-25(2)27-15-19-29(20-16-27)35(30-21-17-28(18-22-30)26(3)4)34-23-31(24-37-34)38-36(40)39(32-11-7-5-8-12-32)33-13-9-6-10-14-33/h5-22,25-26,31,34-35,37H,23-24H2,1-4H3,(H,38,40)/t31-,34-/m1/s1. The molecule has 1 aliphatic heterocycles. The molecule has 1 saturated heterocycles. The highest BCUT2D eigenvalue weighted by Crippen LogP contribution is 2.34. The highest BCUT2D eigenvalue weighted by atomic mass is 16.2. The molecule has 0 bridgehead atoms. The molecule has 2 N–H and O–H groups in total. The second-order valence-electron chi connectivity index (χ2n) is 11.5. The van der Waals surface area contributed by atoms with Crippen LogP contribution in [-0.4, -0.2) is 24.7 Å². The van der Waals surface area contributed by atoms with Gasteiger partial charge in [0.25, 0.3) is 0 Å².